The van der Waals surface area contributed by atoms with Crippen LogP contribution >= 0.6 is 0 Å². The van der Waals surface area contributed by atoms with Gasteiger partial charge in [-0.2, -0.15) is 0 Å². The molecule has 156 valence electrons. The Hall–Kier alpha value is -2.24. The summed E-state index contributed by atoms with van der Waals surface area (Å²) in [6, 6.07) is 20.7. The Morgan fingerprint density at radius 2 is 1.41 bits per heavy atom. The quantitative estimate of drug-likeness (QED) is 0.356. The van der Waals surface area contributed by atoms with E-state index in [2.05, 4.69) is 49.8 Å². The molecule has 4 nitrogen and oxygen atoms in total. The Bertz CT molecular complexity index is 757. The van der Waals surface area contributed by atoms with Gasteiger partial charge in [0.05, 0.1) is 13.2 Å². The van der Waals surface area contributed by atoms with Crippen molar-refractivity contribution < 1.29 is 18.8 Å². The fourth-order valence-corrected chi connectivity index (χ4v) is 8.53. The minimum atomic E-state index is -2.72. The number of hydrogen-bond acceptors (Lipinski definition) is 4. The average molecular weight is 413 g/mol. The molecule has 0 radical (unpaired) electrons. The van der Waals surface area contributed by atoms with E-state index in [-0.39, 0.29) is 29.8 Å². The third-order valence-corrected chi connectivity index (χ3v) is 10.3. The summed E-state index contributed by atoms with van der Waals surface area (Å²) in [7, 11) is -1.42. The molecule has 0 bridgehead atoms. The highest BCUT2D eigenvalue weighted by molar-refractivity contribution is 6.99. The van der Waals surface area contributed by atoms with Gasteiger partial charge in [0.15, 0.2) is 0 Å². The summed E-state index contributed by atoms with van der Waals surface area (Å²) in [5.74, 6) is -0.656. The molecule has 0 spiro atoms. The Morgan fingerprint density at radius 3 is 1.79 bits per heavy atom. The zero-order valence-corrected chi connectivity index (χ0v) is 19.1. The lowest BCUT2D eigenvalue weighted by molar-refractivity contribution is -0.143. The molecular weight excluding hydrogens is 380 g/mol. The number of rotatable bonds is 9. The molecule has 0 saturated carbocycles. The number of Topliss-reactive ketones (excluding diaryl/α,β-unsaturated/α-hetero) is 1. The van der Waals surface area contributed by atoms with Gasteiger partial charge in [0.1, 0.15) is 12.2 Å². The number of hydrogen-bond donors (Lipinski definition) is 0. The molecule has 5 heteroatoms. The monoisotopic (exact) mass is 412 g/mol. The Labute approximate surface area is 175 Å². The summed E-state index contributed by atoms with van der Waals surface area (Å²) in [5.41, 5.74) is 0. The van der Waals surface area contributed by atoms with Crippen molar-refractivity contribution in [2.75, 3.05) is 7.11 Å². The predicted molar refractivity (Wildman–Crippen MR) is 119 cm³/mol. The van der Waals surface area contributed by atoms with Crippen LogP contribution in [0.4, 0.5) is 0 Å². The number of esters is 1. The van der Waals surface area contributed by atoms with Crippen molar-refractivity contribution >= 4 is 30.4 Å². The van der Waals surface area contributed by atoms with Crippen molar-refractivity contribution in [2.24, 2.45) is 0 Å². The maximum atomic E-state index is 12.4. The van der Waals surface area contributed by atoms with E-state index in [0.29, 0.717) is 6.42 Å². The summed E-state index contributed by atoms with van der Waals surface area (Å²) in [4.78, 5) is 23.9. The summed E-state index contributed by atoms with van der Waals surface area (Å²) >= 11 is 0. The largest absolute Gasteiger partial charge is 0.469 e. The second-order valence-electron chi connectivity index (χ2n) is 8.31. The Kier molecular flexibility index (Phi) is 7.93. The summed E-state index contributed by atoms with van der Waals surface area (Å²) < 4.78 is 11.6. The second kappa shape index (κ2) is 9.99. The van der Waals surface area contributed by atoms with Gasteiger partial charge < -0.3 is 9.16 Å². The van der Waals surface area contributed by atoms with Gasteiger partial charge in [-0.25, -0.2) is 0 Å². The highest BCUT2D eigenvalue weighted by Gasteiger charge is 2.51. The van der Waals surface area contributed by atoms with E-state index in [9.17, 15) is 9.59 Å². The standard InChI is InChI=1S/C24H32O4Si/c1-6-20(17-19(25)18-23(26)27-5)28-29(24(2,3)4,21-13-9-7-10-14-21)22-15-11-8-12-16-22/h7-16,20H,6,17-18H2,1-5H3/t20-/m1/s1. The van der Waals surface area contributed by atoms with Crippen LogP contribution in [-0.4, -0.2) is 33.3 Å². The van der Waals surface area contributed by atoms with Gasteiger partial charge in [-0.3, -0.25) is 9.59 Å². The zero-order chi connectivity index (χ0) is 21.5. The maximum Gasteiger partial charge on any atom is 0.313 e. The zero-order valence-electron chi connectivity index (χ0n) is 18.1. The maximum absolute atomic E-state index is 12.4. The van der Waals surface area contributed by atoms with Gasteiger partial charge in [0, 0.05) is 6.42 Å². The normalized spacial score (nSPS) is 13.0. The molecule has 0 heterocycles. The molecule has 2 aromatic carbocycles. The van der Waals surface area contributed by atoms with Crippen molar-refractivity contribution in [1.82, 2.24) is 0 Å². The van der Waals surface area contributed by atoms with Gasteiger partial charge >= 0.3 is 5.97 Å². The molecule has 0 amide bonds. The third-order valence-electron chi connectivity index (χ3n) is 5.24. The van der Waals surface area contributed by atoms with E-state index in [4.69, 9.17) is 4.43 Å². The van der Waals surface area contributed by atoms with Crippen LogP contribution in [0.1, 0.15) is 47.0 Å². The fourth-order valence-electron chi connectivity index (χ4n) is 3.77. The van der Waals surface area contributed by atoms with E-state index in [1.165, 1.54) is 17.5 Å². The molecule has 2 rings (SSSR count). The molecule has 0 N–H and O–H groups in total. The van der Waals surface area contributed by atoms with E-state index >= 15 is 0 Å². The topological polar surface area (TPSA) is 52.6 Å². The highest BCUT2D eigenvalue weighted by atomic mass is 28.4. The van der Waals surface area contributed by atoms with Crippen molar-refractivity contribution in [3.8, 4) is 0 Å². The van der Waals surface area contributed by atoms with Crippen LogP contribution in [0.15, 0.2) is 60.7 Å². The van der Waals surface area contributed by atoms with Crippen molar-refractivity contribution in [2.45, 2.75) is 58.1 Å². The molecule has 29 heavy (non-hydrogen) atoms. The molecule has 0 aliphatic carbocycles. The first-order valence-electron chi connectivity index (χ1n) is 10.1. The SMILES string of the molecule is CC[C@H](CC(=O)CC(=O)OC)O[Si](c1ccccc1)(c1ccccc1)C(C)(C)C. The Morgan fingerprint density at radius 1 is 0.931 bits per heavy atom. The lowest BCUT2D eigenvalue weighted by atomic mass is 10.1. The number of carbonyl (C=O) groups is 2. The number of carbonyl (C=O) groups excluding carboxylic acids is 2. The summed E-state index contributed by atoms with van der Waals surface area (Å²) in [6.45, 7) is 8.65. The van der Waals surface area contributed by atoms with Crippen LogP contribution in [0.5, 0.6) is 0 Å². The summed E-state index contributed by atoms with van der Waals surface area (Å²) in [5, 5.41) is 2.20. The molecule has 0 saturated heterocycles. The fraction of sp³-hybridized carbons (Fsp3) is 0.417. The highest BCUT2D eigenvalue weighted by Crippen LogP contribution is 2.38. The number of ketones is 1. The number of ether oxygens (including phenoxy) is 1. The molecule has 0 aromatic heterocycles. The minimum Gasteiger partial charge on any atom is -0.469 e. The molecule has 1 atom stereocenters. The van der Waals surface area contributed by atoms with E-state index in [0.717, 1.165) is 0 Å². The Balaban J connectivity index is 2.49. The summed E-state index contributed by atoms with van der Waals surface area (Å²) in [6.07, 6.45) is 0.420. The van der Waals surface area contributed by atoms with Crippen molar-refractivity contribution in [3.63, 3.8) is 0 Å². The van der Waals surface area contributed by atoms with Crippen LogP contribution in [0.3, 0.4) is 0 Å². The molecule has 0 aliphatic heterocycles. The van der Waals surface area contributed by atoms with E-state index < -0.39 is 14.3 Å². The third kappa shape index (κ3) is 5.43. The van der Waals surface area contributed by atoms with Gasteiger partial charge in [0.25, 0.3) is 8.32 Å². The second-order valence-corrected chi connectivity index (χ2v) is 12.6. The molecular formula is C24H32O4Si. The van der Waals surface area contributed by atoms with Gasteiger partial charge in [-0.15, -0.1) is 0 Å². The first-order valence-corrected chi connectivity index (χ1v) is 12.0. The van der Waals surface area contributed by atoms with E-state index in [1.54, 1.807) is 0 Å². The molecule has 0 unspecified atom stereocenters. The number of methoxy groups -OCH3 is 1. The van der Waals surface area contributed by atoms with Crippen LogP contribution in [0.2, 0.25) is 5.04 Å². The number of benzene rings is 2. The first-order chi connectivity index (χ1) is 13.7. The van der Waals surface area contributed by atoms with Gasteiger partial charge in [0.2, 0.25) is 0 Å². The van der Waals surface area contributed by atoms with E-state index in [1.807, 2.05) is 43.3 Å². The average Bonchev–Trinajstić information content (AvgIpc) is 2.71. The smallest absolute Gasteiger partial charge is 0.313 e. The molecule has 2 aromatic rings. The van der Waals surface area contributed by atoms with Crippen LogP contribution in [-0.2, 0) is 18.8 Å². The lowest BCUT2D eigenvalue weighted by Gasteiger charge is -2.45. The first kappa shape index (κ1) is 23.0. The minimum absolute atomic E-state index is 0.151. The van der Waals surface area contributed by atoms with Crippen molar-refractivity contribution in [1.29, 1.82) is 0 Å². The predicted octanol–water partition coefficient (Wildman–Crippen LogP) is 3.86. The molecule has 0 fully saturated rings. The molecule has 0 aliphatic rings. The van der Waals surface area contributed by atoms with Crippen LogP contribution in [0.25, 0.3) is 0 Å². The lowest BCUT2D eigenvalue weighted by Crippen LogP contribution is -2.67. The van der Waals surface area contributed by atoms with Crippen LogP contribution < -0.4 is 10.4 Å². The van der Waals surface area contributed by atoms with Crippen molar-refractivity contribution in [3.05, 3.63) is 60.7 Å². The van der Waals surface area contributed by atoms with Gasteiger partial charge in [-0.05, 0) is 21.8 Å². The van der Waals surface area contributed by atoms with Crippen LogP contribution in [0, 0.1) is 0 Å². The van der Waals surface area contributed by atoms with Gasteiger partial charge in [-0.1, -0.05) is 88.4 Å².